The van der Waals surface area contributed by atoms with Crippen LogP contribution in [0.3, 0.4) is 0 Å². The molecule has 0 saturated carbocycles. The lowest BCUT2D eigenvalue weighted by molar-refractivity contribution is 0.167. The summed E-state index contributed by atoms with van der Waals surface area (Å²) in [5, 5.41) is 3.94. The van der Waals surface area contributed by atoms with Crippen molar-refractivity contribution in [1.82, 2.24) is 14.4 Å². The lowest BCUT2D eigenvalue weighted by atomic mass is 9.95. The minimum atomic E-state index is -3.59. The minimum Gasteiger partial charge on any atom is -0.356 e. The monoisotopic (exact) mass is 465 g/mol. The van der Waals surface area contributed by atoms with Gasteiger partial charge in [-0.1, -0.05) is 41.6 Å². The highest BCUT2D eigenvalue weighted by Crippen LogP contribution is 2.31. The molecule has 1 fully saturated rings. The predicted octanol–water partition coefficient (Wildman–Crippen LogP) is 4.42. The van der Waals surface area contributed by atoms with Gasteiger partial charge in [-0.2, -0.15) is 4.31 Å². The predicted molar refractivity (Wildman–Crippen MR) is 128 cm³/mol. The third-order valence-corrected chi connectivity index (χ3v) is 8.93. The second kappa shape index (κ2) is 9.05. The van der Waals surface area contributed by atoms with Crippen molar-refractivity contribution in [1.29, 1.82) is 0 Å². The number of benzene rings is 2. The highest BCUT2D eigenvalue weighted by molar-refractivity contribution is 7.89. The fraction of sp³-hybridized carbons (Fsp3) is 0.423. The summed E-state index contributed by atoms with van der Waals surface area (Å²) in [6.07, 6.45) is 3.03. The van der Waals surface area contributed by atoms with Crippen molar-refractivity contribution >= 4 is 10.0 Å². The molecular weight excluding hydrogens is 434 g/mol. The van der Waals surface area contributed by atoms with Gasteiger partial charge < -0.3 is 4.52 Å². The quantitative estimate of drug-likeness (QED) is 0.558. The largest absolute Gasteiger partial charge is 0.356 e. The lowest BCUT2D eigenvalue weighted by Crippen LogP contribution is -2.44. The summed E-state index contributed by atoms with van der Waals surface area (Å²) in [5.74, 6) is 0.935. The third-order valence-electron chi connectivity index (χ3n) is 6.93. The number of fused-ring (bicyclic) bond motifs is 1. The summed E-state index contributed by atoms with van der Waals surface area (Å²) in [6, 6.07) is 16.0. The standard InChI is InChI=1S/C26H31N3O3S/c1-19-9-10-23(25-14-20(2)27-32-25)15-26(19)33(30,31)29-12-5-6-21(17-29)16-28-13-11-22-7-3-4-8-24(22)18-28/h3-4,7-10,14-15,21H,5-6,11-13,16-18H2,1-2H3/t21-/m1/s1. The Morgan fingerprint density at radius 2 is 1.88 bits per heavy atom. The molecule has 33 heavy (non-hydrogen) atoms. The van der Waals surface area contributed by atoms with Crippen LogP contribution in [0.2, 0.25) is 0 Å². The van der Waals surface area contributed by atoms with Gasteiger partial charge in [0.15, 0.2) is 5.76 Å². The van der Waals surface area contributed by atoms with Gasteiger partial charge in [0.05, 0.1) is 10.6 Å². The molecule has 5 rings (SSSR count). The second-order valence-electron chi connectivity index (χ2n) is 9.44. The Morgan fingerprint density at radius 3 is 2.67 bits per heavy atom. The molecule has 0 N–H and O–H groups in total. The van der Waals surface area contributed by atoms with Crippen molar-refractivity contribution in [2.75, 3.05) is 26.2 Å². The van der Waals surface area contributed by atoms with E-state index in [-0.39, 0.29) is 0 Å². The zero-order valence-electron chi connectivity index (χ0n) is 19.3. The molecule has 1 atom stereocenters. The number of aryl methyl sites for hydroxylation is 2. The van der Waals surface area contributed by atoms with Crippen LogP contribution < -0.4 is 0 Å². The van der Waals surface area contributed by atoms with Gasteiger partial charge in [0.1, 0.15) is 0 Å². The normalized spacial score (nSPS) is 20.0. The van der Waals surface area contributed by atoms with E-state index in [1.807, 2.05) is 32.0 Å². The molecule has 2 aromatic carbocycles. The molecule has 0 amide bonds. The highest BCUT2D eigenvalue weighted by atomic mass is 32.2. The molecule has 1 saturated heterocycles. The van der Waals surface area contributed by atoms with E-state index in [2.05, 4.69) is 34.3 Å². The molecule has 3 aromatic rings. The topological polar surface area (TPSA) is 66.7 Å². The highest BCUT2D eigenvalue weighted by Gasteiger charge is 2.32. The molecule has 0 aliphatic carbocycles. The van der Waals surface area contributed by atoms with Gasteiger partial charge in [-0.3, -0.25) is 4.90 Å². The van der Waals surface area contributed by atoms with Crippen LogP contribution >= 0.6 is 0 Å². The molecule has 0 radical (unpaired) electrons. The molecular formula is C26H31N3O3S. The number of nitrogens with zero attached hydrogens (tertiary/aromatic N) is 3. The molecule has 7 heteroatoms. The van der Waals surface area contributed by atoms with Crippen LogP contribution in [0.4, 0.5) is 0 Å². The molecule has 2 aliphatic rings. The van der Waals surface area contributed by atoms with Crippen molar-refractivity contribution in [2.45, 2.75) is 44.6 Å². The first-order valence-corrected chi connectivity index (χ1v) is 13.2. The van der Waals surface area contributed by atoms with Crippen LogP contribution in [-0.4, -0.2) is 49.0 Å². The summed E-state index contributed by atoms with van der Waals surface area (Å²) in [7, 11) is -3.59. The lowest BCUT2D eigenvalue weighted by Gasteiger charge is -2.37. The third kappa shape index (κ3) is 4.63. The molecule has 0 spiro atoms. The Morgan fingerprint density at radius 1 is 1.06 bits per heavy atom. The molecule has 1 aromatic heterocycles. The van der Waals surface area contributed by atoms with E-state index in [0.29, 0.717) is 29.7 Å². The van der Waals surface area contributed by atoms with E-state index in [9.17, 15) is 8.42 Å². The van der Waals surface area contributed by atoms with Crippen LogP contribution in [0, 0.1) is 19.8 Å². The van der Waals surface area contributed by atoms with E-state index < -0.39 is 10.0 Å². The van der Waals surface area contributed by atoms with Gasteiger partial charge in [0.2, 0.25) is 10.0 Å². The summed E-state index contributed by atoms with van der Waals surface area (Å²) < 4.78 is 34.4. The van der Waals surface area contributed by atoms with E-state index in [0.717, 1.165) is 55.7 Å². The average Bonchev–Trinajstić information content (AvgIpc) is 3.25. The zero-order valence-corrected chi connectivity index (χ0v) is 20.1. The molecule has 3 heterocycles. The molecule has 2 aliphatic heterocycles. The number of sulfonamides is 1. The van der Waals surface area contributed by atoms with Crippen LogP contribution in [-0.2, 0) is 23.0 Å². The molecule has 0 bridgehead atoms. The van der Waals surface area contributed by atoms with Gasteiger partial charge >= 0.3 is 0 Å². The summed E-state index contributed by atoms with van der Waals surface area (Å²) in [5.41, 5.74) is 5.11. The van der Waals surface area contributed by atoms with Gasteiger partial charge in [-0.25, -0.2) is 8.42 Å². The van der Waals surface area contributed by atoms with E-state index in [4.69, 9.17) is 4.52 Å². The SMILES string of the molecule is Cc1cc(-c2ccc(C)c(S(=O)(=O)N3CCC[C@H](CN4CCc5ccccc5C4)C3)c2)on1. The number of piperidine rings is 1. The molecule has 0 unspecified atom stereocenters. The van der Waals surface area contributed by atoms with Crippen molar-refractivity contribution in [3.8, 4) is 11.3 Å². The fourth-order valence-corrected chi connectivity index (χ4v) is 6.94. The maximum absolute atomic E-state index is 13.7. The number of aromatic nitrogens is 1. The van der Waals surface area contributed by atoms with Gasteiger partial charge in [-0.15, -0.1) is 0 Å². The zero-order chi connectivity index (χ0) is 23.0. The maximum atomic E-state index is 13.7. The fourth-order valence-electron chi connectivity index (χ4n) is 5.14. The Hall–Kier alpha value is -2.48. The van der Waals surface area contributed by atoms with Crippen LogP contribution in [0.1, 0.15) is 35.2 Å². The number of hydrogen-bond acceptors (Lipinski definition) is 5. The maximum Gasteiger partial charge on any atom is 0.243 e. The first-order chi connectivity index (χ1) is 15.9. The number of hydrogen-bond donors (Lipinski definition) is 0. The Balaban J connectivity index is 1.32. The van der Waals surface area contributed by atoms with Gasteiger partial charge in [-0.05, 0) is 61.8 Å². The van der Waals surface area contributed by atoms with E-state index in [1.165, 1.54) is 11.1 Å². The van der Waals surface area contributed by atoms with Gasteiger partial charge in [0.25, 0.3) is 0 Å². The van der Waals surface area contributed by atoms with Crippen LogP contribution in [0.15, 0.2) is 57.9 Å². The van der Waals surface area contributed by atoms with Gasteiger partial charge in [0, 0.05) is 44.4 Å². The number of rotatable bonds is 5. The van der Waals surface area contributed by atoms with Crippen molar-refractivity contribution in [2.24, 2.45) is 5.92 Å². The first kappa shape index (κ1) is 22.3. The molecule has 6 nitrogen and oxygen atoms in total. The average molecular weight is 466 g/mol. The Labute approximate surface area is 196 Å². The van der Waals surface area contributed by atoms with Crippen molar-refractivity contribution < 1.29 is 12.9 Å². The van der Waals surface area contributed by atoms with E-state index >= 15 is 0 Å². The van der Waals surface area contributed by atoms with Crippen LogP contribution in [0.25, 0.3) is 11.3 Å². The first-order valence-electron chi connectivity index (χ1n) is 11.7. The van der Waals surface area contributed by atoms with E-state index in [1.54, 1.807) is 10.4 Å². The summed E-state index contributed by atoms with van der Waals surface area (Å²) in [4.78, 5) is 2.85. The van der Waals surface area contributed by atoms with Crippen molar-refractivity contribution in [3.05, 3.63) is 70.9 Å². The van der Waals surface area contributed by atoms with Crippen molar-refractivity contribution in [3.63, 3.8) is 0 Å². The molecule has 174 valence electrons. The summed E-state index contributed by atoms with van der Waals surface area (Å²) >= 11 is 0. The summed E-state index contributed by atoms with van der Waals surface area (Å²) in [6.45, 7) is 7.80. The minimum absolute atomic E-state index is 0.346. The Kier molecular flexibility index (Phi) is 6.12. The van der Waals surface area contributed by atoms with Crippen LogP contribution in [0.5, 0.6) is 0 Å². The Bertz CT molecular complexity index is 1250. The second-order valence-corrected chi connectivity index (χ2v) is 11.3. The smallest absolute Gasteiger partial charge is 0.243 e.